The van der Waals surface area contributed by atoms with Crippen molar-refractivity contribution in [3.8, 4) is 11.3 Å². The molecular weight excluding hydrogens is 374 g/mol. The molecule has 0 aliphatic rings. The molecule has 0 saturated heterocycles. The third-order valence-corrected chi connectivity index (χ3v) is 4.12. The molecule has 148 valence electrons. The third-order valence-electron chi connectivity index (χ3n) is 3.79. The molecule has 0 amide bonds. The maximum atomic E-state index is 11.3. The summed E-state index contributed by atoms with van der Waals surface area (Å²) in [6, 6.07) is 10.3. The number of hydrogen-bond donors (Lipinski definition) is 1. The maximum absolute atomic E-state index is 11.3. The molecule has 0 unspecified atom stereocenters. The predicted octanol–water partition coefficient (Wildman–Crippen LogP) is 7.17. The van der Waals surface area contributed by atoms with Gasteiger partial charge in [0, 0.05) is 22.3 Å². The van der Waals surface area contributed by atoms with E-state index in [9.17, 15) is 10.1 Å². The molecule has 28 heavy (non-hydrogen) atoms. The molecule has 1 aromatic carbocycles. The van der Waals surface area contributed by atoms with Crippen LogP contribution in [-0.4, -0.2) is 9.91 Å². The quantitative estimate of drug-likeness (QED) is 0.317. The number of allylic oxidation sites excluding steroid dienone is 5. The van der Waals surface area contributed by atoms with Crippen molar-refractivity contribution in [2.24, 2.45) is 0 Å². The number of nitro groups is 1. The maximum Gasteiger partial charge on any atom is 0.311 e. The van der Waals surface area contributed by atoms with Crippen molar-refractivity contribution in [2.45, 2.75) is 34.6 Å². The molecule has 1 aromatic heterocycles. The van der Waals surface area contributed by atoms with Crippen molar-refractivity contribution in [3.05, 3.63) is 87.1 Å². The standard InChI is InChI=1S/C20H20ClN3O2.C2H6/c1-13(2)14(3)9-10-15(4)22-20-19(24(25)26)12-11-18(23-20)16-7-5-6-8-17(16)21;1-2/h5-12H,1H2,2-4H3,(H,22,23);1-2H3/b14-9+,15-10+;. The fraction of sp³-hybridized carbons (Fsp3) is 0.227. The highest BCUT2D eigenvalue weighted by molar-refractivity contribution is 6.33. The minimum Gasteiger partial charge on any atom is -0.338 e. The Morgan fingerprint density at radius 2 is 1.79 bits per heavy atom. The molecule has 0 spiro atoms. The van der Waals surface area contributed by atoms with Gasteiger partial charge in [-0.1, -0.05) is 61.9 Å². The van der Waals surface area contributed by atoms with Gasteiger partial charge in [0.25, 0.3) is 0 Å². The van der Waals surface area contributed by atoms with E-state index in [1.807, 2.05) is 65.0 Å². The number of anilines is 1. The van der Waals surface area contributed by atoms with Crippen LogP contribution in [0, 0.1) is 10.1 Å². The number of rotatable bonds is 6. The van der Waals surface area contributed by atoms with Gasteiger partial charge in [-0.05, 0) is 44.6 Å². The molecule has 2 rings (SSSR count). The number of hydrogen-bond acceptors (Lipinski definition) is 4. The minimum absolute atomic E-state index is 0.103. The lowest BCUT2D eigenvalue weighted by Crippen LogP contribution is -2.03. The smallest absolute Gasteiger partial charge is 0.311 e. The Kier molecular flexibility index (Phi) is 9.12. The number of aromatic nitrogens is 1. The Hall–Kier alpha value is -2.92. The van der Waals surface area contributed by atoms with Crippen molar-refractivity contribution < 1.29 is 4.92 Å². The number of benzene rings is 1. The fourth-order valence-corrected chi connectivity index (χ4v) is 2.36. The van der Waals surface area contributed by atoms with Crippen molar-refractivity contribution in [1.82, 2.24) is 4.98 Å². The Bertz CT molecular complexity index is 918. The van der Waals surface area contributed by atoms with Crippen LogP contribution in [0.25, 0.3) is 11.3 Å². The van der Waals surface area contributed by atoms with Crippen LogP contribution in [0.3, 0.4) is 0 Å². The minimum atomic E-state index is -0.464. The Labute approximate surface area is 171 Å². The van der Waals surface area contributed by atoms with Crippen LogP contribution >= 0.6 is 11.6 Å². The summed E-state index contributed by atoms with van der Waals surface area (Å²) in [5.41, 5.74) is 3.88. The Balaban J connectivity index is 0.00000190. The topological polar surface area (TPSA) is 68.1 Å². The number of nitrogens with zero attached hydrogens (tertiary/aromatic N) is 2. The lowest BCUT2D eigenvalue weighted by molar-refractivity contribution is -0.384. The van der Waals surface area contributed by atoms with Gasteiger partial charge in [0.1, 0.15) is 0 Å². The highest BCUT2D eigenvalue weighted by Gasteiger charge is 2.17. The van der Waals surface area contributed by atoms with Crippen molar-refractivity contribution in [1.29, 1.82) is 0 Å². The van der Waals surface area contributed by atoms with Crippen molar-refractivity contribution in [2.75, 3.05) is 5.32 Å². The van der Waals surface area contributed by atoms with Crippen LogP contribution in [0.2, 0.25) is 5.02 Å². The van der Waals surface area contributed by atoms with Crippen LogP contribution in [0.4, 0.5) is 11.5 Å². The second kappa shape index (κ2) is 11.0. The Morgan fingerprint density at radius 1 is 1.14 bits per heavy atom. The van der Waals surface area contributed by atoms with E-state index in [-0.39, 0.29) is 11.5 Å². The normalized spacial score (nSPS) is 11.4. The summed E-state index contributed by atoms with van der Waals surface area (Å²) >= 11 is 6.21. The van der Waals surface area contributed by atoms with E-state index >= 15 is 0 Å². The fourth-order valence-electron chi connectivity index (χ4n) is 2.13. The number of nitrogens with one attached hydrogen (secondary N) is 1. The first-order valence-corrected chi connectivity index (χ1v) is 9.36. The molecule has 1 heterocycles. The zero-order valence-electron chi connectivity index (χ0n) is 16.9. The summed E-state index contributed by atoms with van der Waals surface area (Å²) in [7, 11) is 0. The zero-order chi connectivity index (χ0) is 21.3. The van der Waals surface area contributed by atoms with Gasteiger partial charge in [-0.25, -0.2) is 4.98 Å². The predicted molar refractivity (Wildman–Crippen MR) is 119 cm³/mol. The first-order chi connectivity index (χ1) is 13.3. The highest BCUT2D eigenvalue weighted by Crippen LogP contribution is 2.31. The van der Waals surface area contributed by atoms with E-state index in [4.69, 9.17) is 11.6 Å². The van der Waals surface area contributed by atoms with Gasteiger partial charge < -0.3 is 5.32 Å². The van der Waals surface area contributed by atoms with Crippen molar-refractivity contribution >= 4 is 23.1 Å². The molecule has 0 bridgehead atoms. The van der Waals surface area contributed by atoms with E-state index in [0.717, 1.165) is 16.8 Å². The van der Waals surface area contributed by atoms with Crippen molar-refractivity contribution in [3.63, 3.8) is 0 Å². The molecule has 0 atom stereocenters. The van der Waals surface area contributed by atoms with E-state index < -0.39 is 4.92 Å². The van der Waals surface area contributed by atoms with Gasteiger partial charge in [0.05, 0.1) is 10.6 Å². The molecule has 0 fully saturated rings. The zero-order valence-corrected chi connectivity index (χ0v) is 17.7. The largest absolute Gasteiger partial charge is 0.338 e. The molecule has 6 heteroatoms. The third kappa shape index (κ3) is 6.35. The molecule has 2 aromatic rings. The van der Waals surface area contributed by atoms with Gasteiger partial charge in [-0.15, -0.1) is 0 Å². The lowest BCUT2D eigenvalue weighted by Gasteiger charge is -2.09. The second-order valence-electron chi connectivity index (χ2n) is 5.91. The second-order valence-corrected chi connectivity index (χ2v) is 6.31. The van der Waals surface area contributed by atoms with Gasteiger partial charge in [-0.2, -0.15) is 0 Å². The lowest BCUT2D eigenvalue weighted by atomic mass is 10.1. The summed E-state index contributed by atoms with van der Waals surface area (Å²) in [4.78, 5) is 15.3. The molecule has 0 aliphatic carbocycles. The van der Waals surface area contributed by atoms with Crippen LogP contribution < -0.4 is 5.32 Å². The van der Waals surface area contributed by atoms with Crippen LogP contribution in [0.15, 0.2) is 72.0 Å². The number of pyridine rings is 1. The van der Waals surface area contributed by atoms with Crippen LogP contribution in [0.1, 0.15) is 34.6 Å². The van der Waals surface area contributed by atoms with E-state index in [0.29, 0.717) is 16.3 Å². The first kappa shape index (κ1) is 23.1. The monoisotopic (exact) mass is 399 g/mol. The van der Waals surface area contributed by atoms with E-state index in [1.54, 1.807) is 12.1 Å². The summed E-state index contributed by atoms with van der Waals surface area (Å²) in [5.74, 6) is 0.169. The number of halogens is 1. The van der Waals surface area contributed by atoms with E-state index in [2.05, 4.69) is 16.9 Å². The van der Waals surface area contributed by atoms with Gasteiger partial charge in [-0.3, -0.25) is 10.1 Å². The summed E-state index contributed by atoms with van der Waals surface area (Å²) in [6.07, 6.45) is 3.73. The Morgan fingerprint density at radius 3 is 2.36 bits per heavy atom. The van der Waals surface area contributed by atoms with Crippen LogP contribution in [-0.2, 0) is 0 Å². The van der Waals surface area contributed by atoms with Gasteiger partial charge in [0.15, 0.2) is 0 Å². The molecule has 1 N–H and O–H groups in total. The summed E-state index contributed by atoms with van der Waals surface area (Å²) < 4.78 is 0. The van der Waals surface area contributed by atoms with Crippen LogP contribution in [0.5, 0.6) is 0 Å². The SMILES string of the molecule is C=C(C)/C(C)=C/C=C(\C)Nc1nc(-c2ccccc2Cl)ccc1[N+](=O)[O-].CC. The molecule has 0 radical (unpaired) electrons. The molecular formula is C22H26ClN3O2. The van der Waals surface area contributed by atoms with Gasteiger partial charge in [0.2, 0.25) is 5.82 Å². The molecule has 0 saturated carbocycles. The van der Waals surface area contributed by atoms with Gasteiger partial charge >= 0.3 is 5.69 Å². The van der Waals surface area contributed by atoms with E-state index in [1.165, 1.54) is 6.07 Å². The average Bonchev–Trinajstić information content (AvgIpc) is 2.67. The first-order valence-electron chi connectivity index (χ1n) is 8.98. The highest BCUT2D eigenvalue weighted by atomic mass is 35.5. The summed E-state index contributed by atoms with van der Waals surface area (Å²) in [5, 5.41) is 14.9. The summed E-state index contributed by atoms with van der Waals surface area (Å²) in [6.45, 7) is 13.6. The molecule has 5 nitrogen and oxygen atoms in total. The molecule has 0 aliphatic heterocycles. The average molecular weight is 400 g/mol.